The SMILES string of the molecule is Cc1nc2ccccc2n1CC(=O)N1CCCC[C@@H]1c1ncc(Cc2ccc(F)cc2)o1. The number of hydrogen-bond acceptors (Lipinski definition) is 4. The molecule has 2 aromatic carbocycles. The second-order valence-corrected chi connectivity index (χ2v) is 8.30. The molecule has 1 atom stereocenters. The molecule has 0 N–H and O–H groups in total. The number of hydrogen-bond donors (Lipinski definition) is 0. The maximum Gasteiger partial charge on any atom is 0.243 e. The van der Waals surface area contributed by atoms with Crippen LogP contribution in [0, 0.1) is 12.7 Å². The number of likely N-dealkylation sites (tertiary alicyclic amines) is 1. The van der Waals surface area contributed by atoms with Gasteiger partial charge in [0.15, 0.2) is 0 Å². The molecule has 0 unspecified atom stereocenters. The lowest BCUT2D eigenvalue weighted by molar-refractivity contribution is -0.136. The summed E-state index contributed by atoms with van der Waals surface area (Å²) >= 11 is 0. The van der Waals surface area contributed by atoms with E-state index in [0.29, 0.717) is 24.6 Å². The fourth-order valence-corrected chi connectivity index (χ4v) is 4.47. The van der Waals surface area contributed by atoms with E-state index < -0.39 is 0 Å². The van der Waals surface area contributed by atoms with E-state index in [2.05, 4.69) is 9.97 Å². The molecule has 164 valence electrons. The van der Waals surface area contributed by atoms with Crippen LogP contribution in [0.4, 0.5) is 4.39 Å². The molecule has 0 spiro atoms. The lowest BCUT2D eigenvalue weighted by Gasteiger charge is -2.34. The number of halogens is 1. The predicted octanol–water partition coefficient (Wildman–Crippen LogP) is 4.82. The lowest BCUT2D eigenvalue weighted by Crippen LogP contribution is -2.40. The van der Waals surface area contributed by atoms with Crippen LogP contribution in [0.1, 0.15) is 48.3 Å². The number of fused-ring (bicyclic) bond motifs is 1. The van der Waals surface area contributed by atoms with Crippen LogP contribution in [-0.4, -0.2) is 31.9 Å². The van der Waals surface area contributed by atoms with Gasteiger partial charge in [0.2, 0.25) is 11.8 Å². The van der Waals surface area contributed by atoms with Gasteiger partial charge in [-0.1, -0.05) is 24.3 Å². The van der Waals surface area contributed by atoms with Crippen LogP contribution in [0.3, 0.4) is 0 Å². The maximum absolute atomic E-state index is 13.3. The van der Waals surface area contributed by atoms with Gasteiger partial charge in [0, 0.05) is 13.0 Å². The van der Waals surface area contributed by atoms with Gasteiger partial charge < -0.3 is 13.9 Å². The highest BCUT2D eigenvalue weighted by Crippen LogP contribution is 2.31. The van der Waals surface area contributed by atoms with Gasteiger partial charge in [0.25, 0.3) is 0 Å². The molecule has 1 aliphatic heterocycles. The summed E-state index contributed by atoms with van der Waals surface area (Å²) in [5.41, 5.74) is 2.81. The van der Waals surface area contributed by atoms with Crippen LogP contribution in [0.15, 0.2) is 59.1 Å². The van der Waals surface area contributed by atoms with Gasteiger partial charge in [-0.2, -0.15) is 0 Å². The third-order valence-electron chi connectivity index (χ3n) is 6.11. The molecule has 1 amide bonds. The Kier molecular flexibility index (Phi) is 5.47. The van der Waals surface area contributed by atoms with Crippen LogP contribution in [0.2, 0.25) is 0 Å². The van der Waals surface area contributed by atoms with Crippen molar-refractivity contribution < 1.29 is 13.6 Å². The molecule has 0 radical (unpaired) electrons. The van der Waals surface area contributed by atoms with Crippen molar-refractivity contribution in [1.29, 1.82) is 0 Å². The molecule has 4 aromatic rings. The molecule has 2 aromatic heterocycles. The van der Waals surface area contributed by atoms with Crippen molar-refractivity contribution in [2.24, 2.45) is 0 Å². The zero-order valence-electron chi connectivity index (χ0n) is 18.0. The number of imidazole rings is 1. The van der Waals surface area contributed by atoms with Crippen LogP contribution in [-0.2, 0) is 17.8 Å². The summed E-state index contributed by atoms with van der Waals surface area (Å²) < 4.78 is 21.2. The minimum absolute atomic E-state index is 0.0410. The first-order chi connectivity index (χ1) is 15.6. The number of piperidine rings is 1. The van der Waals surface area contributed by atoms with E-state index >= 15 is 0 Å². The number of oxazole rings is 1. The number of amides is 1. The normalized spacial score (nSPS) is 16.6. The minimum atomic E-state index is -0.260. The molecule has 6 nitrogen and oxygen atoms in total. The average Bonchev–Trinajstić information content (AvgIpc) is 3.39. The molecule has 0 saturated carbocycles. The molecule has 3 heterocycles. The Morgan fingerprint density at radius 2 is 1.97 bits per heavy atom. The van der Waals surface area contributed by atoms with E-state index in [-0.39, 0.29) is 24.3 Å². The van der Waals surface area contributed by atoms with Crippen LogP contribution in [0.5, 0.6) is 0 Å². The van der Waals surface area contributed by atoms with Crippen LogP contribution < -0.4 is 0 Å². The second kappa shape index (κ2) is 8.57. The molecule has 7 heteroatoms. The summed E-state index contributed by atoms with van der Waals surface area (Å²) in [6.45, 7) is 2.85. The smallest absolute Gasteiger partial charge is 0.243 e. The first-order valence-corrected chi connectivity index (χ1v) is 11.0. The van der Waals surface area contributed by atoms with Crippen molar-refractivity contribution in [3.05, 3.63) is 83.6 Å². The van der Waals surface area contributed by atoms with Crippen molar-refractivity contribution in [3.63, 3.8) is 0 Å². The Labute approximate surface area is 185 Å². The number of rotatable bonds is 5. The molecule has 0 bridgehead atoms. The van der Waals surface area contributed by atoms with E-state index in [9.17, 15) is 9.18 Å². The molecule has 32 heavy (non-hydrogen) atoms. The van der Waals surface area contributed by atoms with Crippen LogP contribution in [0.25, 0.3) is 11.0 Å². The topological polar surface area (TPSA) is 64.2 Å². The Morgan fingerprint density at radius 3 is 2.81 bits per heavy atom. The van der Waals surface area contributed by atoms with Crippen LogP contribution >= 0.6 is 0 Å². The van der Waals surface area contributed by atoms with Gasteiger partial charge in [0.05, 0.1) is 17.2 Å². The third-order valence-corrected chi connectivity index (χ3v) is 6.11. The number of benzene rings is 2. The number of carbonyl (C=O) groups is 1. The van der Waals surface area contributed by atoms with Gasteiger partial charge in [-0.15, -0.1) is 0 Å². The fraction of sp³-hybridized carbons (Fsp3) is 0.320. The van der Waals surface area contributed by atoms with E-state index in [4.69, 9.17) is 4.42 Å². The van der Waals surface area contributed by atoms with E-state index in [0.717, 1.165) is 41.7 Å². The van der Waals surface area contributed by atoms with E-state index in [1.54, 1.807) is 18.3 Å². The minimum Gasteiger partial charge on any atom is -0.443 e. The van der Waals surface area contributed by atoms with Crippen molar-refractivity contribution in [3.8, 4) is 0 Å². The molecule has 5 rings (SSSR count). The predicted molar refractivity (Wildman–Crippen MR) is 118 cm³/mol. The monoisotopic (exact) mass is 432 g/mol. The largest absolute Gasteiger partial charge is 0.443 e. The van der Waals surface area contributed by atoms with Crippen molar-refractivity contribution in [2.45, 2.75) is 45.2 Å². The summed E-state index contributed by atoms with van der Waals surface area (Å²) in [4.78, 5) is 24.3. The van der Waals surface area contributed by atoms with Crippen molar-refractivity contribution >= 4 is 16.9 Å². The summed E-state index contributed by atoms with van der Waals surface area (Å²) in [5, 5.41) is 0. The third kappa shape index (κ3) is 4.02. The first-order valence-electron chi connectivity index (χ1n) is 11.0. The second-order valence-electron chi connectivity index (χ2n) is 8.30. The van der Waals surface area contributed by atoms with Crippen molar-refractivity contribution in [1.82, 2.24) is 19.4 Å². The van der Waals surface area contributed by atoms with Crippen molar-refractivity contribution in [2.75, 3.05) is 6.54 Å². The molecular weight excluding hydrogens is 407 g/mol. The highest BCUT2D eigenvalue weighted by molar-refractivity contribution is 5.81. The van der Waals surface area contributed by atoms with Gasteiger partial charge in [0.1, 0.15) is 30.0 Å². The first kappa shape index (κ1) is 20.4. The molecule has 1 saturated heterocycles. The number of aryl methyl sites for hydroxylation is 1. The van der Waals surface area contributed by atoms with Gasteiger partial charge in [-0.25, -0.2) is 14.4 Å². The summed E-state index contributed by atoms with van der Waals surface area (Å²) in [5.74, 6) is 1.89. The quantitative estimate of drug-likeness (QED) is 0.454. The Morgan fingerprint density at radius 1 is 1.16 bits per heavy atom. The molecule has 1 aliphatic rings. The Bertz CT molecular complexity index is 1240. The van der Waals surface area contributed by atoms with Gasteiger partial charge in [-0.05, 0) is 56.0 Å². The standard InChI is InChI=1S/C25H25FN4O2/c1-17-28-21-6-2-3-7-22(21)30(17)16-24(31)29-13-5-4-8-23(29)25-27-15-20(32-25)14-18-9-11-19(26)12-10-18/h2-3,6-7,9-12,15,23H,4-5,8,13-14,16H2,1H3/t23-/m1/s1. The Hall–Kier alpha value is -3.48. The summed E-state index contributed by atoms with van der Waals surface area (Å²) in [6.07, 6.45) is 5.07. The fourth-order valence-electron chi connectivity index (χ4n) is 4.47. The summed E-state index contributed by atoms with van der Waals surface area (Å²) in [6, 6.07) is 14.1. The summed E-state index contributed by atoms with van der Waals surface area (Å²) in [7, 11) is 0. The zero-order chi connectivity index (χ0) is 22.1. The number of nitrogens with zero attached hydrogens (tertiary/aromatic N) is 4. The molecular formula is C25H25FN4O2. The van der Waals surface area contributed by atoms with E-state index in [1.807, 2.05) is 40.7 Å². The lowest BCUT2D eigenvalue weighted by atomic mass is 10.0. The average molecular weight is 432 g/mol. The van der Waals surface area contributed by atoms with Gasteiger partial charge >= 0.3 is 0 Å². The molecule has 0 aliphatic carbocycles. The highest BCUT2D eigenvalue weighted by atomic mass is 19.1. The number of aromatic nitrogens is 3. The zero-order valence-corrected chi connectivity index (χ0v) is 18.0. The number of para-hydroxylation sites is 2. The van der Waals surface area contributed by atoms with Gasteiger partial charge in [-0.3, -0.25) is 4.79 Å². The highest BCUT2D eigenvalue weighted by Gasteiger charge is 2.31. The van der Waals surface area contributed by atoms with E-state index in [1.165, 1.54) is 12.1 Å². The maximum atomic E-state index is 13.3. The Balaban J connectivity index is 1.35. The molecule has 1 fully saturated rings. The number of carbonyl (C=O) groups excluding carboxylic acids is 1.